The lowest BCUT2D eigenvalue weighted by Gasteiger charge is -2.00. The summed E-state index contributed by atoms with van der Waals surface area (Å²) in [7, 11) is -1.21. The van der Waals surface area contributed by atoms with Crippen molar-refractivity contribution in [2.24, 2.45) is 12.2 Å². The topological polar surface area (TPSA) is 95.6 Å². The van der Waals surface area contributed by atoms with E-state index in [0.717, 1.165) is 5.69 Å². The molecule has 0 radical (unpaired) electrons. The van der Waals surface area contributed by atoms with Crippen molar-refractivity contribution in [2.75, 3.05) is 18.6 Å². The molecular formula is C9H16N3O4S+. The minimum atomic E-state index is -2.99. The number of aromatic nitrogens is 2. The van der Waals surface area contributed by atoms with Gasteiger partial charge >= 0.3 is 5.82 Å². The SMILES string of the molecule is C[n+]1c(COCCS(C)(=O)=O)c[nH]c1C=NO. The van der Waals surface area contributed by atoms with Gasteiger partial charge in [0.25, 0.3) is 0 Å². The highest BCUT2D eigenvalue weighted by Crippen LogP contribution is 1.95. The first-order valence-corrected chi connectivity index (χ1v) is 6.99. The quantitative estimate of drug-likeness (QED) is 0.231. The molecule has 0 spiro atoms. The molecule has 0 atom stereocenters. The van der Waals surface area contributed by atoms with Gasteiger partial charge in [-0.15, -0.1) is 0 Å². The molecule has 7 nitrogen and oxygen atoms in total. The number of imidazole rings is 1. The molecule has 0 aliphatic carbocycles. The third-order valence-corrected chi connectivity index (χ3v) is 3.12. The summed E-state index contributed by atoms with van der Waals surface area (Å²) in [6.45, 7) is 0.454. The third kappa shape index (κ3) is 4.53. The largest absolute Gasteiger partial charge is 0.411 e. The van der Waals surface area contributed by atoms with Gasteiger partial charge in [-0.2, -0.15) is 0 Å². The van der Waals surface area contributed by atoms with Crippen LogP contribution in [-0.4, -0.2) is 43.4 Å². The van der Waals surface area contributed by atoms with Gasteiger partial charge in [0.1, 0.15) is 22.6 Å². The van der Waals surface area contributed by atoms with Crippen molar-refractivity contribution in [3.05, 3.63) is 17.7 Å². The zero-order valence-corrected chi connectivity index (χ0v) is 10.6. The van der Waals surface area contributed by atoms with Gasteiger partial charge in [-0.05, 0) is 0 Å². The van der Waals surface area contributed by atoms with Crippen molar-refractivity contribution < 1.29 is 22.9 Å². The van der Waals surface area contributed by atoms with E-state index in [1.54, 1.807) is 17.8 Å². The Kier molecular flexibility index (Phi) is 4.64. The van der Waals surface area contributed by atoms with Gasteiger partial charge in [0.15, 0.2) is 11.9 Å². The van der Waals surface area contributed by atoms with E-state index in [9.17, 15) is 8.42 Å². The molecule has 1 rings (SSSR count). The van der Waals surface area contributed by atoms with Crippen LogP contribution in [0, 0.1) is 0 Å². The number of nitrogens with one attached hydrogen (secondary N) is 1. The number of nitrogens with zero attached hydrogens (tertiary/aromatic N) is 2. The second kappa shape index (κ2) is 5.78. The van der Waals surface area contributed by atoms with Gasteiger partial charge in [0.05, 0.1) is 19.4 Å². The van der Waals surface area contributed by atoms with Crippen LogP contribution in [0.2, 0.25) is 0 Å². The second-order valence-electron chi connectivity index (χ2n) is 3.65. The Bertz CT molecular complexity index is 492. The molecule has 0 saturated heterocycles. The zero-order valence-electron chi connectivity index (χ0n) is 9.75. The Morgan fingerprint density at radius 3 is 2.94 bits per heavy atom. The van der Waals surface area contributed by atoms with Crippen LogP contribution in [-0.2, 0) is 28.2 Å². The predicted octanol–water partition coefficient (Wildman–Crippen LogP) is -0.791. The fourth-order valence-corrected chi connectivity index (χ4v) is 1.63. The average Bonchev–Trinajstić information content (AvgIpc) is 2.55. The lowest BCUT2D eigenvalue weighted by molar-refractivity contribution is -0.680. The Morgan fingerprint density at radius 2 is 2.35 bits per heavy atom. The summed E-state index contributed by atoms with van der Waals surface area (Å²) in [6, 6.07) is 0. The first-order valence-electron chi connectivity index (χ1n) is 4.93. The number of ether oxygens (including phenoxy) is 1. The van der Waals surface area contributed by atoms with Crippen LogP contribution in [0.1, 0.15) is 11.5 Å². The average molecular weight is 262 g/mol. The molecule has 0 fully saturated rings. The van der Waals surface area contributed by atoms with Crippen LogP contribution in [0.15, 0.2) is 11.4 Å². The molecule has 0 amide bonds. The zero-order chi connectivity index (χ0) is 12.9. The molecule has 1 aromatic heterocycles. The first-order chi connectivity index (χ1) is 7.94. The van der Waals surface area contributed by atoms with Crippen LogP contribution in [0.3, 0.4) is 0 Å². The summed E-state index contributed by atoms with van der Waals surface area (Å²) in [5.41, 5.74) is 0.827. The number of hydrogen-bond acceptors (Lipinski definition) is 5. The summed E-state index contributed by atoms with van der Waals surface area (Å²) < 4.78 is 28.7. The number of H-pyrrole nitrogens is 1. The van der Waals surface area contributed by atoms with E-state index in [4.69, 9.17) is 9.94 Å². The fraction of sp³-hybridized carbons (Fsp3) is 0.556. The smallest absolute Gasteiger partial charge is 0.301 e. The molecule has 0 aromatic carbocycles. The molecule has 0 aliphatic rings. The lowest BCUT2D eigenvalue weighted by Crippen LogP contribution is -2.35. The van der Waals surface area contributed by atoms with Gasteiger partial charge in [0, 0.05) is 6.26 Å². The fourth-order valence-electron chi connectivity index (χ4n) is 1.21. The van der Waals surface area contributed by atoms with Crippen LogP contribution < -0.4 is 4.57 Å². The van der Waals surface area contributed by atoms with E-state index in [0.29, 0.717) is 12.4 Å². The van der Waals surface area contributed by atoms with Crippen LogP contribution in [0.4, 0.5) is 0 Å². The summed E-state index contributed by atoms with van der Waals surface area (Å²) in [6.07, 6.45) is 4.14. The molecule has 2 N–H and O–H groups in total. The first kappa shape index (κ1) is 13.7. The molecule has 1 heterocycles. The van der Waals surface area contributed by atoms with Crippen LogP contribution in [0.25, 0.3) is 0 Å². The maximum Gasteiger partial charge on any atom is 0.301 e. The monoisotopic (exact) mass is 262 g/mol. The van der Waals surface area contributed by atoms with E-state index in [2.05, 4.69) is 10.1 Å². The molecule has 1 aromatic rings. The van der Waals surface area contributed by atoms with Crippen molar-refractivity contribution in [3.8, 4) is 0 Å². The normalized spacial score (nSPS) is 12.4. The Balaban J connectivity index is 2.47. The number of aromatic amines is 1. The summed E-state index contributed by atoms with van der Waals surface area (Å²) in [5, 5.41) is 11.3. The third-order valence-electron chi connectivity index (χ3n) is 2.21. The lowest BCUT2D eigenvalue weighted by atomic mass is 10.5. The van der Waals surface area contributed by atoms with Gasteiger partial charge in [0.2, 0.25) is 0 Å². The minimum absolute atomic E-state index is 0.00604. The van der Waals surface area contributed by atoms with E-state index in [1.165, 1.54) is 12.5 Å². The van der Waals surface area contributed by atoms with Crippen molar-refractivity contribution in [3.63, 3.8) is 0 Å². The minimum Gasteiger partial charge on any atom is -0.411 e. The Hall–Kier alpha value is -1.41. The maximum atomic E-state index is 10.9. The molecule has 0 unspecified atom stereocenters. The van der Waals surface area contributed by atoms with Crippen molar-refractivity contribution in [1.82, 2.24) is 4.98 Å². The number of sulfone groups is 1. The molecule has 96 valence electrons. The molecule has 8 heteroatoms. The molecular weight excluding hydrogens is 246 g/mol. The van der Waals surface area contributed by atoms with E-state index in [1.807, 2.05) is 0 Å². The van der Waals surface area contributed by atoms with Crippen molar-refractivity contribution in [1.29, 1.82) is 0 Å². The highest BCUT2D eigenvalue weighted by molar-refractivity contribution is 7.90. The number of oxime groups is 1. The summed E-state index contributed by atoms with van der Waals surface area (Å²) in [5.74, 6) is 0.626. The standard InChI is InChI=1S/C9H15N3O4S/c1-12-8(5-10-9(12)6-11-13)7-16-3-4-17(2,14)15/h5-6H,3-4,7H2,1-2H3,(H,10,13)/p+1. The molecule has 0 aliphatic heterocycles. The Morgan fingerprint density at radius 1 is 1.65 bits per heavy atom. The van der Waals surface area contributed by atoms with E-state index < -0.39 is 9.84 Å². The Labute approximate surface area is 99.6 Å². The highest BCUT2D eigenvalue weighted by atomic mass is 32.2. The summed E-state index contributed by atoms with van der Waals surface area (Å²) in [4.78, 5) is 2.89. The second-order valence-corrected chi connectivity index (χ2v) is 5.91. The van der Waals surface area contributed by atoms with Gasteiger partial charge in [-0.1, -0.05) is 5.16 Å². The molecule has 17 heavy (non-hydrogen) atoms. The highest BCUT2D eigenvalue weighted by Gasteiger charge is 2.12. The van der Waals surface area contributed by atoms with Crippen molar-refractivity contribution in [2.45, 2.75) is 6.61 Å². The molecule has 0 saturated carbocycles. The summed E-state index contributed by atoms with van der Waals surface area (Å²) >= 11 is 0. The van der Waals surface area contributed by atoms with Gasteiger partial charge in [-0.25, -0.2) is 18.0 Å². The van der Waals surface area contributed by atoms with Crippen molar-refractivity contribution >= 4 is 16.1 Å². The number of hydrogen-bond donors (Lipinski definition) is 2. The molecule has 0 bridgehead atoms. The van der Waals surface area contributed by atoms with Crippen LogP contribution in [0.5, 0.6) is 0 Å². The van der Waals surface area contributed by atoms with Crippen LogP contribution >= 0.6 is 0 Å². The van der Waals surface area contributed by atoms with Gasteiger partial charge < -0.3 is 9.94 Å². The maximum absolute atomic E-state index is 10.9. The van der Waals surface area contributed by atoms with E-state index >= 15 is 0 Å². The number of rotatable bonds is 6. The van der Waals surface area contributed by atoms with E-state index in [-0.39, 0.29) is 12.4 Å². The predicted molar refractivity (Wildman–Crippen MR) is 60.7 cm³/mol. The van der Waals surface area contributed by atoms with Gasteiger partial charge in [-0.3, -0.25) is 0 Å².